The third-order valence-electron chi connectivity index (χ3n) is 5.89. The van der Waals surface area contributed by atoms with Gasteiger partial charge in [0, 0.05) is 48.0 Å². The Labute approximate surface area is 193 Å². The van der Waals surface area contributed by atoms with Gasteiger partial charge in [0.05, 0.1) is 6.04 Å². The summed E-state index contributed by atoms with van der Waals surface area (Å²) < 4.78 is 0. The molecule has 0 aliphatic carbocycles. The number of nitrogens with zero attached hydrogens (tertiary/aromatic N) is 2. The lowest BCUT2D eigenvalue weighted by Crippen LogP contribution is -2.54. The number of hydrogen-bond acceptors (Lipinski definition) is 3. The molecule has 1 saturated heterocycles. The number of hydrogen-bond donors (Lipinski definition) is 1. The third kappa shape index (κ3) is 5.01. The minimum absolute atomic E-state index is 0.00444. The molecule has 5 nitrogen and oxygen atoms in total. The maximum Gasteiger partial charge on any atom is 0.253 e. The van der Waals surface area contributed by atoms with Crippen molar-refractivity contribution < 1.29 is 9.59 Å². The van der Waals surface area contributed by atoms with Crippen LogP contribution in [0.4, 0.5) is 5.69 Å². The first-order valence-electron chi connectivity index (χ1n) is 10.8. The van der Waals surface area contributed by atoms with Crippen molar-refractivity contribution in [2.45, 2.75) is 13.0 Å². The van der Waals surface area contributed by atoms with E-state index in [1.165, 1.54) is 0 Å². The van der Waals surface area contributed by atoms with Crippen molar-refractivity contribution in [3.05, 3.63) is 89.4 Å². The number of para-hydroxylation sites is 1. The summed E-state index contributed by atoms with van der Waals surface area (Å²) in [6.07, 6.45) is 0. The summed E-state index contributed by atoms with van der Waals surface area (Å²) in [6, 6.07) is 24.5. The molecule has 1 aliphatic heterocycles. The molecule has 6 heteroatoms. The number of halogens is 1. The Kier molecular flexibility index (Phi) is 6.88. The number of rotatable bonds is 5. The Hall–Kier alpha value is -3.15. The average molecular weight is 448 g/mol. The van der Waals surface area contributed by atoms with Crippen molar-refractivity contribution in [3.8, 4) is 11.1 Å². The first kappa shape index (κ1) is 22.1. The van der Waals surface area contributed by atoms with E-state index >= 15 is 0 Å². The van der Waals surface area contributed by atoms with Gasteiger partial charge in [0.2, 0.25) is 5.91 Å². The Morgan fingerprint density at radius 2 is 1.47 bits per heavy atom. The van der Waals surface area contributed by atoms with Crippen LogP contribution in [0.15, 0.2) is 78.9 Å². The molecule has 3 aromatic rings. The van der Waals surface area contributed by atoms with Crippen molar-refractivity contribution in [1.82, 2.24) is 9.80 Å². The van der Waals surface area contributed by atoms with E-state index in [4.69, 9.17) is 11.6 Å². The molecule has 1 N–H and O–H groups in total. The summed E-state index contributed by atoms with van der Waals surface area (Å²) in [5.74, 6) is -0.0546. The molecular weight excluding hydrogens is 422 g/mol. The highest BCUT2D eigenvalue weighted by Crippen LogP contribution is 2.28. The first-order valence-corrected chi connectivity index (χ1v) is 11.1. The SMILES string of the molecule is CC(C(=O)Nc1ccccc1-c1ccccc1)N1CCN(C(=O)c2ccc(Cl)cc2)CC1. The molecule has 1 aliphatic rings. The summed E-state index contributed by atoms with van der Waals surface area (Å²) in [7, 11) is 0. The Morgan fingerprint density at radius 3 is 2.16 bits per heavy atom. The maximum absolute atomic E-state index is 13.0. The molecule has 1 fully saturated rings. The summed E-state index contributed by atoms with van der Waals surface area (Å²) >= 11 is 5.92. The number of carbonyl (C=O) groups is 2. The maximum atomic E-state index is 13.0. The summed E-state index contributed by atoms with van der Waals surface area (Å²) in [5.41, 5.74) is 3.48. The second kappa shape index (κ2) is 9.98. The zero-order valence-corrected chi connectivity index (χ0v) is 18.8. The second-order valence-electron chi connectivity index (χ2n) is 7.91. The van der Waals surface area contributed by atoms with Crippen LogP contribution in [0.1, 0.15) is 17.3 Å². The topological polar surface area (TPSA) is 52.7 Å². The predicted molar refractivity (Wildman–Crippen MR) is 129 cm³/mol. The highest BCUT2D eigenvalue weighted by molar-refractivity contribution is 6.30. The quantitative estimate of drug-likeness (QED) is 0.611. The number of nitrogens with one attached hydrogen (secondary N) is 1. The molecule has 0 saturated carbocycles. The standard InChI is InChI=1S/C26H26ClN3O2/c1-19(25(31)28-24-10-6-5-9-23(24)20-7-3-2-4-8-20)29-15-17-30(18-16-29)26(32)21-11-13-22(27)14-12-21/h2-14,19H,15-18H2,1H3,(H,28,31). The summed E-state index contributed by atoms with van der Waals surface area (Å²) in [5, 5.41) is 3.71. The van der Waals surface area contributed by atoms with Crippen molar-refractivity contribution in [3.63, 3.8) is 0 Å². The fraction of sp³-hybridized carbons (Fsp3) is 0.231. The van der Waals surface area contributed by atoms with Gasteiger partial charge >= 0.3 is 0 Å². The van der Waals surface area contributed by atoms with Crippen LogP contribution in [0.25, 0.3) is 11.1 Å². The highest BCUT2D eigenvalue weighted by Gasteiger charge is 2.28. The minimum atomic E-state index is -0.299. The number of benzene rings is 3. The molecule has 1 unspecified atom stereocenters. The van der Waals surface area contributed by atoms with Crippen LogP contribution >= 0.6 is 11.6 Å². The third-order valence-corrected chi connectivity index (χ3v) is 6.14. The first-order chi connectivity index (χ1) is 15.5. The Balaban J connectivity index is 1.37. The monoisotopic (exact) mass is 447 g/mol. The average Bonchev–Trinajstić information content (AvgIpc) is 2.84. The molecule has 0 radical (unpaired) electrons. The van der Waals surface area contributed by atoms with E-state index in [0.29, 0.717) is 36.8 Å². The number of carbonyl (C=O) groups excluding carboxylic acids is 2. The van der Waals surface area contributed by atoms with Crippen LogP contribution in [0, 0.1) is 0 Å². The van der Waals surface area contributed by atoms with Gasteiger partial charge < -0.3 is 10.2 Å². The zero-order valence-electron chi connectivity index (χ0n) is 18.0. The van der Waals surface area contributed by atoms with Crippen LogP contribution in [-0.2, 0) is 4.79 Å². The molecule has 164 valence electrons. The van der Waals surface area contributed by atoms with Gasteiger partial charge in [-0.2, -0.15) is 0 Å². The molecule has 0 bridgehead atoms. The van der Waals surface area contributed by atoms with Crippen LogP contribution in [0.3, 0.4) is 0 Å². The number of anilines is 1. The lowest BCUT2D eigenvalue weighted by atomic mass is 10.0. The normalized spacial score (nSPS) is 15.2. The van der Waals surface area contributed by atoms with Crippen molar-refractivity contribution >= 4 is 29.1 Å². The lowest BCUT2D eigenvalue weighted by Gasteiger charge is -2.37. The fourth-order valence-corrected chi connectivity index (χ4v) is 4.08. The van der Waals surface area contributed by atoms with Crippen LogP contribution in [0.2, 0.25) is 5.02 Å². The van der Waals surface area contributed by atoms with Crippen molar-refractivity contribution in [2.75, 3.05) is 31.5 Å². The molecule has 0 spiro atoms. The molecule has 1 heterocycles. The molecule has 1 atom stereocenters. The van der Waals surface area contributed by atoms with Gasteiger partial charge in [-0.05, 0) is 42.8 Å². The van der Waals surface area contributed by atoms with Gasteiger partial charge in [-0.25, -0.2) is 0 Å². The predicted octanol–water partition coefficient (Wildman–Crippen LogP) is 4.79. The molecule has 32 heavy (non-hydrogen) atoms. The number of piperazine rings is 1. The van der Waals surface area contributed by atoms with E-state index in [0.717, 1.165) is 16.8 Å². The molecular formula is C26H26ClN3O2. The van der Waals surface area contributed by atoms with E-state index in [1.807, 2.05) is 66.4 Å². The summed E-state index contributed by atoms with van der Waals surface area (Å²) in [4.78, 5) is 29.7. The van der Waals surface area contributed by atoms with Gasteiger partial charge in [-0.1, -0.05) is 60.1 Å². The van der Waals surface area contributed by atoms with E-state index in [-0.39, 0.29) is 17.9 Å². The smallest absolute Gasteiger partial charge is 0.253 e. The van der Waals surface area contributed by atoms with Gasteiger partial charge in [-0.15, -0.1) is 0 Å². The van der Waals surface area contributed by atoms with Gasteiger partial charge in [0.25, 0.3) is 5.91 Å². The molecule has 2 amide bonds. The molecule has 0 aromatic heterocycles. The van der Waals surface area contributed by atoms with Gasteiger partial charge in [-0.3, -0.25) is 14.5 Å². The van der Waals surface area contributed by atoms with E-state index in [9.17, 15) is 9.59 Å². The molecule has 4 rings (SSSR count). The van der Waals surface area contributed by atoms with Gasteiger partial charge in [0.1, 0.15) is 0 Å². The van der Waals surface area contributed by atoms with Gasteiger partial charge in [0.15, 0.2) is 0 Å². The van der Waals surface area contributed by atoms with E-state index in [1.54, 1.807) is 24.3 Å². The second-order valence-corrected chi connectivity index (χ2v) is 8.35. The number of amides is 2. The molecule has 3 aromatic carbocycles. The van der Waals surface area contributed by atoms with Crippen LogP contribution in [-0.4, -0.2) is 53.8 Å². The van der Waals surface area contributed by atoms with E-state index < -0.39 is 0 Å². The van der Waals surface area contributed by atoms with E-state index in [2.05, 4.69) is 10.2 Å². The van der Waals surface area contributed by atoms with Crippen LogP contribution in [0.5, 0.6) is 0 Å². The zero-order chi connectivity index (χ0) is 22.5. The van der Waals surface area contributed by atoms with Crippen LogP contribution < -0.4 is 5.32 Å². The fourth-order valence-electron chi connectivity index (χ4n) is 3.95. The van der Waals surface area contributed by atoms with Crippen molar-refractivity contribution in [2.24, 2.45) is 0 Å². The highest BCUT2D eigenvalue weighted by atomic mass is 35.5. The Morgan fingerprint density at radius 1 is 0.844 bits per heavy atom. The largest absolute Gasteiger partial charge is 0.336 e. The minimum Gasteiger partial charge on any atom is -0.336 e. The van der Waals surface area contributed by atoms with Crippen molar-refractivity contribution in [1.29, 1.82) is 0 Å². The summed E-state index contributed by atoms with van der Waals surface area (Å²) in [6.45, 7) is 4.37. The lowest BCUT2D eigenvalue weighted by molar-refractivity contribution is -0.121. The Bertz CT molecular complexity index is 1080.